The number of alkyl carbamates (subject to hydrolysis) is 2. The number of hydrogen-bond donors (Lipinski definition) is 2. The van der Waals surface area contributed by atoms with E-state index in [0.717, 1.165) is 11.8 Å². The second-order valence-corrected chi connectivity index (χ2v) is 7.76. The van der Waals surface area contributed by atoms with Crippen molar-refractivity contribution in [2.75, 3.05) is 5.88 Å². The smallest absolute Gasteiger partial charge is 0.408 e. The molecule has 0 aromatic rings. The number of amides is 3. The van der Waals surface area contributed by atoms with Crippen LogP contribution in [0.2, 0.25) is 0 Å². The Kier molecular flexibility index (Phi) is 8.81. The van der Waals surface area contributed by atoms with Crippen molar-refractivity contribution in [3.05, 3.63) is 0 Å². The maximum atomic E-state index is 11.7. The van der Waals surface area contributed by atoms with Crippen molar-refractivity contribution in [1.82, 2.24) is 10.6 Å². The number of carbonyl (C=O) groups is 3. The Hall–Kier alpha value is -1.77. The summed E-state index contributed by atoms with van der Waals surface area (Å²) in [5, 5.41) is 4.91. The van der Waals surface area contributed by atoms with Crippen molar-refractivity contribution in [2.45, 2.75) is 65.7 Å². The van der Waals surface area contributed by atoms with E-state index in [1.54, 1.807) is 41.5 Å². The quantitative estimate of drug-likeness (QED) is 0.337. The molecular weight excluding hydrogens is 334 g/mol. The summed E-state index contributed by atoms with van der Waals surface area (Å²) in [6, 6.07) is -0.810. The van der Waals surface area contributed by atoms with Gasteiger partial charge < -0.3 is 20.1 Å². The highest BCUT2D eigenvalue weighted by Crippen LogP contribution is 2.07. The van der Waals surface area contributed by atoms with Crippen molar-refractivity contribution in [3.8, 4) is 0 Å². The van der Waals surface area contributed by atoms with Gasteiger partial charge in [-0.05, 0) is 48.5 Å². The molecule has 2 N–H and O–H groups in total. The molecule has 0 fully saturated rings. The van der Waals surface area contributed by atoms with Crippen LogP contribution in [0.5, 0.6) is 0 Å². The van der Waals surface area contributed by atoms with Gasteiger partial charge in [-0.3, -0.25) is 4.79 Å². The van der Waals surface area contributed by atoms with E-state index in [4.69, 9.17) is 9.47 Å². The third-order valence-electron chi connectivity index (χ3n) is 2.06. The van der Waals surface area contributed by atoms with Gasteiger partial charge in [-0.25, -0.2) is 14.6 Å². The third-order valence-corrected chi connectivity index (χ3v) is 2.62. The first-order valence-corrected chi connectivity index (χ1v) is 8.49. The van der Waals surface area contributed by atoms with Gasteiger partial charge in [0.25, 0.3) is 5.91 Å². The largest absolute Gasteiger partial charge is 0.444 e. The minimum Gasteiger partial charge on any atom is -0.444 e. The third kappa shape index (κ3) is 12.7. The summed E-state index contributed by atoms with van der Waals surface area (Å²) in [6.07, 6.45) is -1.23. The maximum absolute atomic E-state index is 11.7. The lowest BCUT2D eigenvalue weighted by Crippen LogP contribution is -2.41. The second kappa shape index (κ2) is 9.51. The summed E-state index contributed by atoms with van der Waals surface area (Å²) in [6.45, 7) is 12.0. The van der Waals surface area contributed by atoms with E-state index in [9.17, 15) is 14.4 Å². The van der Waals surface area contributed by atoms with Crippen LogP contribution in [0.1, 0.15) is 48.5 Å². The molecule has 0 aromatic carbocycles. The number of thioether (sulfide) groups is 1. The second-order valence-electron chi connectivity index (χ2n) is 6.93. The molecule has 0 aliphatic carbocycles. The molecule has 0 aliphatic heterocycles. The summed E-state index contributed by atoms with van der Waals surface area (Å²) in [5.41, 5.74) is 0.0911. The molecule has 9 heteroatoms. The van der Waals surface area contributed by atoms with Crippen LogP contribution in [-0.4, -0.2) is 46.8 Å². The van der Waals surface area contributed by atoms with Gasteiger partial charge in [-0.2, -0.15) is 0 Å². The minimum atomic E-state index is -0.810. The molecule has 1 atom stereocenters. The molecule has 3 amide bonds. The first-order valence-electron chi connectivity index (χ1n) is 7.44. The highest BCUT2D eigenvalue weighted by Gasteiger charge is 2.20. The first-order chi connectivity index (χ1) is 10.8. The summed E-state index contributed by atoms with van der Waals surface area (Å²) in [4.78, 5) is 38.3. The van der Waals surface area contributed by atoms with Gasteiger partial charge in [0, 0.05) is 0 Å². The fourth-order valence-corrected chi connectivity index (χ4v) is 1.65. The number of hydrogen-bond acceptors (Lipinski definition) is 6. The van der Waals surface area contributed by atoms with Crippen LogP contribution in [0.15, 0.2) is 4.99 Å². The number of rotatable bonds is 5. The normalized spacial score (nSPS) is 13.3. The Morgan fingerprint density at radius 1 is 1.04 bits per heavy atom. The van der Waals surface area contributed by atoms with Gasteiger partial charge >= 0.3 is 12.2 Å². The Balaban J connectivity index is 4.08. The lowest BCUT2D eigenvalue weighted by atomic mass is 10.2. The number of ether oxygens (including phenoxy) is 2. The predicted octanol–water partition coefficient (Wildman–Crippen LogP) is 2.67. The summed E-state index contributed by atoms with van der Waals surface area (Å²) < 4.78 is 10.1. The lowest BCUT2D eigenvalue weighted by Gasteiger charge is -2.20. The maximum Gasteiger partial charge on any atom is 0.408 e. The molecule has 0 radical (unpaired) electrons. The summed E-state index contributed by atoms with van der Waals surface area (Å²) >= 11 is 1.11. The van der Waals surface area contributed by atoms with E-state index < -0.39 is 35.3 Å². The van der Waals surface area contributed by atoms with Crippen LogP contribution in [0.4, 0.5) is 9.59 Å². The molecule has 0 saturated carbocycles. The molecule has 0 aliphatic rings. The van der Waals surface area contributed by atoms with Gasteiger partial charge in [0.1, 0.15) is 17.2 Å². The van der Waals surface area contributed by atoms with Gasteiger partial charge in [0.05, 0.1) is 11.4 Å². The summed E-state index contributed by atoms with van der Waals surface area (Å²) in [5.74, 6) is -0.315. The topological polar surface area (TPSA) is 106 Å². The Morgan fingerprint density at radius 3 is 2.04 bits per heavy atom. The van der Waals surface area contributed by atoms with Gasteiger partial charge in [0.2, 0.25) is 0 Å². The average molecular weight is 361 g/mol. The fourth-order valence-electron chi connectivity index (χ4n) is 1.20. The van der Waals surface area contributed by atoms with Crippen molar-refractivity contribution in [1.29, 1.82) is 0 Å². The van der Waals surface area contributed by atoms with Gasteiger partial charge in [-0.1, -0.05) is 11.8 Å². The first kappa shape index (κ1) is 22.2. The van der Waals surface area contributed by atoms with Crippen LogP contribution < -0.4 is 10.6 Å². The van der Waals surface area contributed by atoms with E-state index in [1.165, 1.54) is 12.5 Å². The highest BCUT2D eigenvalue weighted by atomic mass is 32.2. The SMILES string of the molecule is C[C@H](NC(=O)OC(C)(C)C)C(=O)/N=C/SCNC(=O)OC(C)(C)C. The van der Waals surface area contributed by atoms with Crippen molar-refractivity contribution in [2.24, 2.45) is 4.99 Å². The molecule has 24 heavy (non-hydrogen) atoms. The molecule has 0 heterocycles. The molecule has 0 saturated heterocycles. The van der Waals surface area contributed by atoms with E-state index in [2.05, 4.69) is 15.6 Å². The fraction of sp³-hybridized carbons (Fsp3) is 0.733. The Bertz CT molecular complexity index is 480. The highest BCUT2D eigenvalue weighted by molar-refractivity contribution is 8.12. The van der Waals surface area contributed by atoms with Crippen LogP contribution in [0, 0.1) is 0 Å². The molecule has 0 bridgehead atoms. The van der Waals surface area contributed by atoms with Crippen LogP contribution in [-0.2, 0) is 14.3 Å². The predicted molar refractivity (Wildman–Crippen MR) is 94.2 cm³/mol. The van der Waals surface area contributed by atoms with E-state index in [-0.39, 0.29) is 5.88 Å². The summed E-state index contributed by atoms with van der Waals surface area (Å²) in [7, 11) is 0. The Morgan fingerprint density at radius 2 is 1.54 bits per heavy atom. The molecular formula is C15H27N3O5S. The molecule has 0 spiro atoms. The molecule has 0 aromatic heterocycles. The molecule has 138 valence electrons. The van der Waals surface area contributed by atoms with E-state index in [0.29, 0.717) is 0 Å². The molecule has 8 nitrogen and oxygen atoms in total. The molecule has 0 unspecified atom stereocenters. The Labute approximate surface area is 147 Å². The lowest BCUT2D eigenvalue weighted by molar-refractivity contribution is -0.119. The van der Waals surface area contributed by atoms with Crippen molar-refractivity contribution < 1.29 is 23.9 Å². The van der Waals surface area contributed by atoms with Gasteiger partial charge in [0.15, 0.2) is 0 Å². The zero-order valence-corrected chi connectivity index (χ0v) is 16.1. The van der Waals surface area contributed by atoms with E-state index >= 15 is 0 Å². The van der Waals surface area contributed by atoms with Crippen molar-refractivity contribution in [3.63, 3.8) is 0 Å². The van der Waals surface area contributed by atoms with E-state index in [1.807, 2.05) is 0 Å². The average Bonchev–Trinajstić information content (AvgIpc) is 2.33. The monoisotopic (exact) mass is 361 g/mol. The zero-order chi connectivity index (χ0) is 19.0. The zero-order valence-electron chi connectivity index (χ0n) is 15.3. The number of carbonyl (C=O) groups excluding carboxylic acids is 3. The van der Waals surface area contributed by atoms with Crippen LogP contribution in [0.3, 0.4) is 0 Å². The van der Waals surface area contributed by atoms with Crippen LogP contribution in [0.25, 0.3) is 0 Å². The molecule has 0 rings (SSSR count). The minimum absolute atomic E-state index is 0.208. The standard InChI is InChI=1S/C15H27N3O5S/c1-10(18-13(21)23-15(5,6)7)11(19)16-8-24-9-17-12(20)22-14(2,3)4/h8,10H,9H2,1-7H3,(H,17,20)(H,18,21)/b16-8+/t10-/m0/s1. The van der Waals surface area contributed by atoms with Crippen molar-refractivity contribution >= 4 is 35.4 Å². The number of nitrogens with zero attached hydrogens (tertiary/aromatic N) is 1. The van der Waals surface area contributed by atoms with Crippen LogP contribution >= 0.6 is 11.8 Å². The number of aliphatic imine (C=N–C) groups is 1. The number of nitrogens with one attached hydrogen (secondary N) is 2. The van der Waals surface area contributed by atoms with Gasteiger partial charge in [-0.15, -0.1) is 0 Å².